The van der Waals surface area contributed by atoms with Gasteiger partial charge in [-0.1, -0.05) is 12.1 Å². The molecule has 1 atom stereocenters. The summed E-state index contributed by atoms with van der Waals surface area (Å²) in [7, 11) is 0. The predicted molar refractivity (Wildman–Crippen MR) is 84.0 cm³/mol. The van der Waals surface area contributed by atoms with Crippen LogP contribution < -0.4 is 5.73 Å². The Labute approximate surface area is 122 Å². The van der Waals surface area contributed by atoms with Gasteiger partial charge in [0, 0.05) is 28.9 Å². The van der Waals surface area contributed by atoms with Crippen LogP contribution in [0.1, 0.15) is 27.2 Å². The van der Waals surface area contributed by atoms with Gasteiger partial charge in [0.25, 0.3) is 0 Å². The summed E-state index contributed by atoms with van der Waals surface area (Å²) >= 11 is 1.74. The molecule has 0 saturated heterocycles. The maximum atomic E-state index is 6.32. The van der Waals surface area contributed by atoms with Gasteiger partial charge in [-0.2, -0.15) is 0 Å². The van der Waals surface area contributed by atoms with Crippen molar-refractivity contribution in [3.05, 3.63) is 57.7 Å². The van der Waals surface area contributed by atoms with E-state index in [-0.39, 0.29) is 6.04 Å². The van der Waals surface area contributed by atoms with Gasteiger partial charge in [0.1, 0.15) is 0 Å². The van der Waals surface area contributed by atoms with E-state index in [2.05, 4.69) is 35.1 Å². The first-order chi connectivity index (χ1) is 9.63. The average Bonchev–Trinajstić information content (AvgIpc) is 2.76. The number of nitrogens with two attached hydrogens (primary N) is 1. The molecule has 1 unspecified atom stereocenters. The zero-order chi connectivity index (χ0) is 14.1. The van der Waals surface area contributed by atoms with Crippen LogP contribution in [0.15, 0.2) is 36.5 Å². The number of benzene rings is 1. The topological polar surface area (TPSA) is 51.8 Å². The molecule has 2 heterocycles. The van der Waals surface area contributed by atoms with E-state index in [1.54, 1.807) is 11.3 Å². The molecule has 4 heteroatoms. The molecule has 3 nitrogen and oxygen atoms in total. The molecule has 0 aliphatic carbocycles. The summed E-state index contributed by atoms with van der Waals surface area (Å²) in [6, 6.07) is 10.2. The van der Waals surface area contributed by atoms with Crippen molar-refractivity contribution in [1.29, 1.82) is 0 Å². The molecule has 20 heavy (non-hydrogen) atoms. The third kappa shape index (κ3) is 2.57. The van der Waals surface area contributed by atoms with E-state index in [1.165, 1.54) is 4.88 Å². The highest BCUT2D eigenvalue weighted by Gasteiger charge is 2.11. The lowest BCUT2D eigenvalue weighted by Gasteiger charge is -2.11. The quantitative estimate of drug-likeness (QED) is 0.799. The van der Waals surface area contributed by atoms with Crippen LogP contribution in [0.5, 0.6) is 0 Å². The first kappa shape index (κ1) is 13.2. The average molecular weight is 283 g/mol. The standard InChI is InChI=1S/C16H17N3S/c1-10-11(2)20-16(19-10)9-14(17)12-5-6-15-13(8-12)4-3-7-18-15/h3-8,14H,9,17H2,1-2H3. The van der Waals surface area contributed by atoms with Crippen LogP contribution >= 0.6 is 11.3 Å². The SMILES string of the molecule is Cc1nc(CC(N)c2ccc3ncccc3c2)sc1C. The molecule has 2 aromatic heterocycles. The van der Waals surface area contributed by atoms with Crippen LogP contribution in [-0.2, 0) is 6.42 Å². The molecule has 0 spiro atoms. The second kappa shape index (κ2) is 5.31. The molecule has 0 radical (unpaired) electrons. The number of hydrogen-bond donors (Lipinski definition) is 1. The minimum atomic E-state index is -0.0236. The molecule has 1 aromatic carbocycles. The zero-order valence-electron chi connectivity index (χ0n) is 11.6. The monoisotopic (exact) mass is 283 g/mol. The number of nitrogens with zero attached hydrogens (tertiary/aromatic N) is 2. The summed E-state index contributed by atoms with van der Waals surface area (Å²) in [4.78, 5) is 10.2. The lowest BCUT2D eigenvalue weighted by atomic mass is 10.0. The number of pyridine rings is 1. The van der Waals surface area contributed by atoms with Gasteiger partial charge >= 0.3 is 0 Å². The molecule has 2 N–H and O–H groups in total. The van der Waals surface area contributed by atoms with Crippen molar-refractivity contribution in [2.24, 2.45) is 5.73 Å². The van der Waals surface area contributed by atoms with E-state index in [0.717, 1.165) is 33.6 Å². The Morgan fingerprint density at radius 3 is 2.85 bits per heavy atom. The van der Waals surface area contributed by atoms with Crippen LogP contribution in [0.4, 0.5) is 0 Å². The van der Waals surface area contributed by atoms with Gasteiger partial charge in [-0.3, -0.25) is 4.98 Å². The molecule has 102 valence electrons. The van der Waals surface area contributed by atoms with Crippen molar-refractivity contribution in [2.75, 3.05) is 0 Å². The highest BCUT2D eigenvalue weighted by molar-refractivity contribution is 7.11. The third-order valence-electron chi connectivity index (χ3n) is 3.52. The summed E-state index contributed by atoms with van der Waals surface area (Å²) in [5, 5.41) is 2.24. The molecule has 0 amide bonds. The minimum absolute atomic E-state index is 0.0236. The Kier molecular flexibility index (Phi) is 3.51. The molecule has 3 aromatic rings. The second-order valence-electron chi connectivity index (χ2n) is 5.02. The van der Waals surface area contributed by atoms with E-state index < -0.39 is 0 Å². The molecular formula is C16H17N3S. The van der Waals surface area contributed by atoms with Gasteiger partial charge in [0.05, 0.1) is 16.2 Å². The molecule has 0 bridgehead atoms. The van der Waals surface area contributed by atoms with E-state index >= 15 is 0 Å². The van der Waals surface area contributed by atoms with Gasteiger partial charge in [-0.05, 0) is 37.6 Å². The molecule has 0 fully saturated rings. The number of fused-ring (bicyclic) bond motifs is 1. The van der Waals surface area contributed by atoms with Crippen LogP contribution in [0.2, 0.25) is 0 Å². The van der Waals surface area contributed by atoms with Crippen LogP contribution in [0, 0.1) is 13.8 Å². The van der Waals surface area contributed by atoms with Gasteiger partial charge in [0.2, 0.25) is 0 Å². The predicted octanol–water partition coefficient (Wildman–Crippen LogP) is 3.55. The van der Waals surface area contributed by atoms with E-state index in [0.29, 0.717) is 0 Å². The van der Waals surface area contributed by atoms with Crippen LogP contribution in [0.25, 0.3) is 10.9 Å². The maximum Gasteiger partial charge on any atom is 0.0949 e. The smallest absolute Gasteiger partial charge is 0.0949 e. The number of hydrogen-bond acceptors (Lipinski definition) is 4. The maximum absolute atomic E-state index is 6.32. The second-order valence-corrected chi connectivity index (χ2v) is 6.30. The molecule has 0 saturated carbocycles. The summed E-state index contributed by atoms with van der Waals surface area (Å²) < 4.78 is 0. The van der Waals surface area contributed by atoms with Gasteiger partial charge in [-0.25, -0.2) is 4.98 Å². The Morgan fingerprint density at radius 1 is 1.25 bits per heavy atom. The van der Waals surface area contributed by atoms with Crippen molar-refractivity contribution in [3.8, 4) is 0 Å². The van der Waals surface area contributed by atoms with E-state index in [4.69, 9.17) is 5.73 Å². The number of aromatic nitrogens is 2. The first-order valence-electron chi connectivity index (χ1n) is 6.66. The van der Waals surface area contributed by atoms with Crippen molar-refractivity contribution in [1.82, 2.24) is 9.97 Å². The Bertz CT molecular complexity index is 729. The lowest BCUT2D eigenvalue weighted by Crippen LogP contribution is -2.13. The minimum Gasteiger partial charge on any atom is -0.324 e. The van der Waals surface area contributed by atoms with Gasteiger partial charge in [-0.15, -0.1) is 11.3 Å². The normalized spacial score (nSPS) is 12.8. The van der Waals surface area contributed by atoms with E-state index in [9.17, 15) is 0 Å². The molecule has 0 aliphatic heterocycles. The highest BCUT2D eigenvalue weighted by atomic mass is 32.1. The lowest BCUT2D eigenvalue weighted by molar-refractivity contribution is 0.717. The number of aryl methyl sites for hydroxylation is 2. The Hall–Kier alpha value is -1.78. The van der Waals surface area contributed by atoms with Crippen LogP contribution in [0.3, 0.4) is 0 Å². The van der Waals surface area contributed by atoms with E-state index in [1.807, 2.05) is 25.3 Å². The summed E-state index contributed by atoms with van der Waals surface area (Å²) in [6.45, 7) is 4.15. The van der Waals surface area contributed by atoms with Gasteiger partial charge in [0.15, 0.2) is 0 Å². The van der Waals surface area contributed by atoms with Crippen LogP contribution in [-0.4, -0.2) is 9.97 Å². The first-order valence-corrected chi connectivity index (χ1v) is 7.48. The highest BCUT2D eigenvalue weighted by Crippen LogP contribution is 2.24. The summed E-state index contributed by atoms with van der Waals surface area (Å²) in [5.41, 5.74) is 9.57. The summed E-state index contributed by atoms with van der Waals surface area (Å²) in [6.07, 6.45) is 2.59. The molecule has 3 rings (SSSR count). The number of rotatable bonds is 3. The number of thiazole rings is 1. The largest absolute Gasteiger partial charge is 0.324 e. The third-order valence-corrected chi connectivity index (χ3v) is 4.62. The van der Waals surface area contributed by atoms with Crippen molar-refractivity contribution < 1.29 is 0 Å². The van der Waals surface area contributed by atoms with Crippen molar-refractivity contribution >= 4 is 22.2 Å². The summed E-state index contributed by atoms with van der Waals surface area (Å²) in [5.74, 6) is 0. The fourth-order valence-electron chi connectivity index (χ4n) is 2.26. The zero-order valence-corrected chi connectivity index (χ0v) is 12.4. The van der Waals surface area contributed by atoms with Gasteiger partial charge < -0.3 is 5.73 Å². The van der Waals surface area contributed by atoms with Crippen molar-refractivity contribution in [2.45, 2.75) is 26.3 Å². The Morgan fingerprint density at radius 2 is 2.10 bits per heavy atom. The Balaban J connectivity index is 1.86. The fraction of sp³-hybridized carbons (Fsp3) is 0.250. The fourth-order valence-corrected chi connectivity index (χ4v) is 3.25. The van der Waals surface area contributed by atoms with Crippen molar-refractivity contribution in [3.63, 3.8) is 0 Å². The molecule has 0 aliphatic rings. The molecular weight excluding hydrogens is 266 g/mol.